The molecule has 0 aliphatic rings. The summed E-state index contributed by atoms with van der Waals surface area (Å²) >= 11 is 7.44. The van der Waals surface area contributed by atoms with Crippen LogP contribution in [0.4, 0.5) is 4.39 Å². The van der Waals surface area contributed by atoms with E-state index in [-0.39, 0.29) is 5.82 Å². The Morgan fingerprint density at radius 3 is 2.53 bits per heavy atom. The highest BCUT2D eigenvalue weighted by Gasteiger charge is 2.13. The van der Waals surface area contributed by atoms with E-state index in [4.69, 9.17) is 11.6 Å². The van der Waals surface area contributed by atoms with Crippen molar-refractivity contribution in [3.63, 3.8) is 0 Å². The molecule has 1 heterocycles. The lowest BCUT2D eigenvalue weighted by Crippen LogP contribution is -1.85. The first-order valence-electron chi connectivity index (χ1n) is 5.71. The summed E-state index contributed by atoms with van der Waals surface area (Å²) in [4.78, 5) is 4.47. The Labute approximate surface area is 119 Å². The Morgan fingerprint density at radius 2 is 1.79 bits per heavy atom. The van der Waals surface area contributed by atoms with Gasteiger partial charge in [-0.25, -0.2) is 9.37 Å². The second kappa shape index (κ2) is 5.11. The predicted octanol–water partition coefficient (Wildman–Crippen LogP) is 5.27. The Bertz CT molecular complexity index is 689. The molecule has 19 heavy (non-hydrogen) atoms. The van der Waals surface area contributed by atoms with Gasteiger partial charge in [0.05, 0.1) is 16.3 Å². The average molecular weight is 290 g/mol. The number of hydrogen-bond donors (Lipinski definition) is 0. The third-order valence-electron chi connectivity index (χ3n) is 2.75. The quantitative estimate of drug-likeness (QED) is 0.626. The number of nitrogens with zero attached hydrogens (tertiary/aromatic N) is 1. The number of hydrogen-bond acceptors (Lipinski definition) is 2. The number of rotatable bonds is 2. The standard InChI is InChI=1S/C15H9ClFNS/c16-11-7-4-8-12(17)14(11)15-18-13(9-19-15)10-5-2-1-3-6-10/h1-9H. The second-order valence-electron chi connectivity index (χ2n) is 4.00. The number of halogens is 2. The first-order chi connectivity index (χ1) is 9.25. The summed E-state index contributed by atoms with van der Waals surface area (Å²) in [7, 11) is 0. The van der Waals surface area contributed by atoms with E-state index in [0.717, 1.165) is 11.3 Å². The molecule has 0 spiro atoms. The van der Waals surface area contributed by atoms with Crippen LogP contribution in [0.1, 0.15) is 0 Å². The monoisotopic (exact) mass is 289 g/mol. The van der Waals surface area contributed by atoms with Crippen LogP contribution in [0.15, 0.2) is 53.9 Å². The average Bonchev–Trinajstić information content (AvgIpc) is 2.89. The smallest absolute Gasteiger partial charge is 0.134 e. The highest BCUT2D eigenvalue weighted by molar-refractivity contribution is 7.13. The maximum atomic E-state index is 13.8. The van der Waals surface area contributed by atoms with Crippen LogP contribution in [0.5, 0.6) is 0 Å². The van der Waals surface area contributed by atoms with Crippen molar-refractivity contribution in [1.29, 1.82) is 0 Å². The van der Waals surface area contributed by atoms with Gasteiger partial charge in [0, 0.05) is 10.9 Å². The van der Waals surface area contributed by atoms with E-state index in [1.165, 1.54) is 17.4 Å². The van der Waals surface area contributed by atoms with Crippen LogP contribution in [0.3, 0.4) is 0 Å². The molecule has 0 aliphatic carbocycles. The molecule has 0 saturated heterocycles. The molecule has 0 atom stereocenters. The van der Waals surface area contributed by atoms with Crippen molar-refractivity contribution in [1.82, 2.24) is 4.98 Å². The van der Waals surface area contributed by atoms with Gasteiger partial charge >= 0.3 is 0 Å². The SMILES string of the molecule is Fc1cccc(Cl)c1-c1nc(-c2ccccc2)cs1. The van der Waals surface area contributed by atoms with E-state index in [9.17, 15) is 4.39 Å². The highest BCUT2D eigenvalue weighted by Crippen LogP contribution is 2.34. The van der Waals surface area contributed by atoms with Gasteiger partial charge in [0.25, 0.3) is 0 Å². The number of aromatic nitrogens is 1. The van der Waals surface area contributed by atoms with Gasteiger partial charge in [0.15, 0.2) is 0 Å². The molecule has 94 valence electrons. The summed E-state index contributed by atoms with van der Waals surface area (Å²) in [6.07, 6.45) is 0. The second-order valence-corrected chi connectivity index (χ2v) is 5.27. The van der Waals surface area contributed by atoms with Gasteiger partial charge in [-0.3, -0.25) is 0 Å². The molecule has 0 aliphatic heterocycles. The molecular formula is C15H9ClFNS. The minimum atomic E-state index is -0.346. The lowest BCUT2D eigenvalue weighted by molar-refractivity contribution is 0.631. The van der Waals surface area contributed by atoms with Gasteiger partial charge in [0.1, 0.15) is 10.8 Å². The summed E-state index contributed by atoms with van der Waals surface area (Å²) in [6.45, 7) is 0. The largest absolute Gasteiger partial charge is 0.236 e. The fourth-order valence-corrected chi connectivity index (χ4v) is 3.03. The van der Waals surface area contributed by atoms with Crippen LogP contribution in [-0.2, 0) is 0 Å². The van der Waals surface area contributed by atoms with E-state index in [2.05, 4.69) is 4.98 Å². The Morgan fingerprint density at radius 1 is 1.00 bits per heavy atom. The Balaban J connectivity index is 2.07. The fraction of sp³-hybridized carbons (Fsp3) is 0. The van der Waals surface area contributed by atoms with Crippen LogP contribution in [0.2, 0.25) is 5.02 Å². The van der Waals surface area contributed by atoms with Crippen molar-refractivity contribution in [2.24, 2.45) is 0 Å². The third-order valence-corrected chi connectivity index (χ3v) is 3.93. The number of thiazole rings is 1. The van der Waals surface area contributed by atoms with Crippen LogP contribution >= 0.6 is 22.9 Å². The maximum absolute atomic E-state index is 13.8. The van der Waals surface area contributed by atoms with E-state index in [1.807, 2.05) is 35.7 Å². The molecule has 1 nitrogen and oxygen atoms in total. The Hall–Kier alpha value is -1.71. The topological polar surface area (TPSA) is 12.9 Å². The molecule has 0 radical (unpaired) electrons. The molecule has 3 rings (SSSR count). The van der Waals surface area contributed by atoms with Crippen molar-refractivity contribution in [3.05, 3.63) is 64.8 Å². The molecule has 4 heteroatoms. The van der Waals surface area contributed by atoms with Crippen molar-refractivity contribution in [2.45, 2.75) is 0 Å². The van der Waals surface area contributed by atoms with Gasteiger partial charge in [-0.2, -0.15) is 0 Å². The molecule has 0 amide bonds. The zero-order chi connectivity index (χ0) is 13.2. The molecule has 0 saturated carbocycles. The van der Waals surface area contributed by atoms with Crippen LogP contribution < -0.4 is 0 Å². The summed E-state index contributed by atoms with van der Waals surface area (Å²) in [5, 5.41) is 2.89. The van der Waals surface area contributed by atoms with Gasteiger partial charge in [-0.1, -0.05) is 48.0 Å². The van der Waals surface area contributed by atoms with Crippen molar-refractivity contribution in [3.8, 4) is 21.8 Å². The molecule has 2 aromatic carbocycles. The van der Waals surface area contributed by atoms with Crippen molar-refractivity contribution >= 4 is 22.9 Å². The van der Waals surface area contributed by atoms with Crippen molar-refractivity contribution in [2.75, 3.05) is 0 Å². The molecule has 0 unspecified atom stereocenters. The molecule has 3 aromatic rings. The van der Waals surface area contributed by atoms with E-state index >= 15 is 0 Å². The Kier molecular flexibility index (Phi) is 3.32. The zero-order valence-corrected chi connectivity index (χ0v) is 11.4. The summed E-state index contributed by atoms with van der Waals surface area (Å²) in [6, 6.07) is 14.4. The maximum Gasteiger partial charge on any atom is 0.134 e. The van der Waals surface area contributed by atoms with E-state index < -0.39 is 0 Å². The zero-order valence-electron chi connectivity index (χ0n) is 9.81. The van der Waals surface area contributed by atoms with E-state index in [1.54, 1.807) is 12.1 Å². The minimum Gasteiger partial charge on any atom is -0.236 e. The summed E-state index contributed by atoms with van der Waals surface area (Å²) < 4.78 is 13.8. The first-order valence-corrected chi connectivity index (χ1v) is 6.97. The van der Waals surface area contributed by atoms with Crippen LogP contribution in [0.25, 0.3) is 21.8 Å². The van der Waals surface area contributed by atoms with Crippen LogP contribution in [0, 0.1) is 5.82 Å². The minimum absolute atomic E-state index is 0.346. The normalized spacial score (nSPS) is 10.6. The third kappa shape index (κ3) is 2.39. The van der Waals surface area contributed by atoms with Gasteiger partial charge in [0.2, 0.25) is 0 Å². The fourth-order valence-electron chi connectivity index (χ4n) is 1.83. The molecular weight excluding hydrogens is 281 g/mol. The van der Waals surface area contributed by atoms with Gasteiger partial charge in [-0.05, 0) is 12.1 Å². The van der Waals surface area contributed by atoms with Crippen molar-refractivity contribution < 1.29 is 4.39 Å². The molecule has 1 aromatic heterocycles. The van der Waals surface area contributed by atoms with Gasteiger partial charge < -0.3 is 0 Å². The first kappa shape index (κ1) is 12.3. The highest BCUT2D eigenvalue weighted by atomic mass is 35.5. The predicted molar refractivity (Wildman–Crippen MR) is 78.0 cm³/mol. The van der Waals surface area contributed by atoms with Crippen LogP contribution in [-0.4, -0.2) is 4.98 Å². The molecule has 0 bridgehead atoms. The molecule has 0 N–H and O–H groups in total. The lowest BCUT2D eigenvalue weighted by Gasteiger charge is -2.01. The lowest BCUT2D eigenvalue weighted by atomic mass is 10.2. The summed E-state index contributed by atoms with van der Waals surface area (Å²) in [5.41, 5.74) is 2.22. The van der Waals surface area contributed by atoms with E-state index in [0.29, 0.717) is 15.6 Å². The van der Waals surface area contributed by atoms with Gasteiger partial charge in [-0.15, -0.1) is 11.3 Å². The number of benzene rings is 2. The molecule has 0 fully saturated rings. The summed E-state index contributed by atoms with van der Waals surface area (Å²) in [5.74, 6) is -0.346.